The van der Waals surface area contributed by atoms with E-state index in [0.29, 0.717) is 21.4 Å². The summed E-state index contributed by atoms with van der Waals surface area (Å²) < 4.78 is 23.7. The quantitative estimate of drug-likeness (QED) is 0.672. The zero-order valence-corrected chi connectivity index (χ0v) is 16.9. The molecule has 1 atom stereocenters. The van der Waals surface area contributed by atoms with E-state index in [1.807, 2.05) is 4.90 Å². The molecule has 1 saturated carbocycles. The number of halogens is 2. The lowest BCUT2D eigenvalue weighted by molar-refractivity contribution is -0.132. The SMILES string of the molecule is O=C(CSc1c(Cl)cccc1Cl)N(C1CCCC1)C1CCS(=O)(=O)C1. The van der Waals surface area contributed by atoms with E-state index in [-0.39, 0.29) is 35.2 Å². The summed E-state index contributed by atoms with van der Waals surface area (Å²) in [6.07, 6.45) is 4.65. The summed E-state index contributed by atoms with van der Waals surface area (Å²) in [7, 11) is -3.03. The summed E-state index contributed by atoms with van der Waals surface area (Å²) >= 11 is 13.7. The number of nitrogens with zero attached hydrogens (tertiary/aromatic N) is 1. The van der Waals surface area contributed by atoms with Gasteiger partial charge in [-0.05, 0) is 31.4 Å². The first-order valence-electron chi connectivity index (χ1n) is 8.46. The highest BCUT2D eigenvalue weighted by atomic mass is 35.5. The summed E-state index contributed by atoms with van der Waals surface area (Å²) in [6, 6.07) is 5.23. The lowest BCUT2D eigenvalue weighted by Gasteiger charge is -2.34. The number of thioether (sulfide) groups is 1. The number of sulfone groups is 1. The number of amides is 1. The van der Waals surface area contributed by atoms with Gasteiger partial charge in [-0.1, -0.05) is 42.1 Å². The van der Waals surface area contributed by atoms with E-state index in [0.717, 1.165) is 25.7 Å². The molecule has 2 fully saturated rings. The lowest BCUT2D eigenvalue weighted by atomic mass is 10.1. The van der Waals surface area contributed by atoms with Crippen molar-refractivity contribution in [2.75, 3.05) is 17.3 Å². The molecule has 1 aromatic carbocycles. The van der Waals surface area contributed by atoms with Crippen LogP contribution in [0.5, 0.6) is 0 Å². The Bertz CT molecular complexity index is 728. The molecule has 1 saturated heterocycles. The molecule has 0 N–H and O–H groups in total. The highest BCUT2D eigenvalue weighted by molar-refractivity contribution is 8.00. The van der Waals surface area contributed by atoms with Crippen LogP contribution in [0, 0.1) is 0 Å². The van der Waals surface area contributed by atoms with Gasteiger partial charge in [-0.15, -0.1) is 11.8 Å². The van der Waals surface area contributed by atoms with Crippen molar-refractivity contribution in [2.45, 2.75) is 49.1 Å². The Balaban J connectivity index is 1.73. The second kappa shape index (κ2) is 8.07. The predicted molar refractivity (Wildman–Crippen MR) is 103 cm³/mol. The van der Waals surface area contributed by atoms with Crippen molar-refractivity contribution in [3.63, 3.8) is 0 Å². The number of carbonyl (C=O) groups excluding carboxylic acids is 1. The van der Waals surface area contributed by atoms with Crippen molar-refractivity contribution in [3.8, 4) is 0 Å². The van der Waals surface area contributed by atoms with E-state index in [1.165, 1.54) is 11.8 Å². The van der Waals surface area contributed by atoms with E-state index in [1.54, 1.807) is 18.2 Å². The highest BCUT2D eigenvalue weighted by Gasteiger charge is 2.38. The zero-order chi connectivity index (χ0) is 18.0. The van der Waals surface area contributed by atoms with Crippen LogP contribution in [-0.4, -0.2) is 48.6 Å². The van der Waals surface area contributed by atoms with E-state index in [4.69, 9.17) is 23.2 Å². The van der Waals surface area contributed by atoms with Crippen molar-refractivity contribution in [3.05, 3.63) is 28.2 Å². The summed E-state index contributed by atoms with van der Waals surface area (Å²) in [6.45, 7) is 0. The molecule has 1 unspecified atom stereocenters. The fourth-order valence-corrected chi connectivity index (χ4v) is 6.98. The van der Waals surface area contributed by atoms with Crippen LogP contribution in [0.4, 0.5) is 0 Å². The fraction of sp³-hybridized carbons (Fsp3) is 0.588. The number of hydrogen-bond donors (Lipinski definition) is 0. The van der Waals surface area contributed by atoms with E-state index in [2.05, 4.69) is 0 Å². The molecular formula is C17H21Cl2NO3S2. The molecule has 8 heteroatoms. The molecule has 0 radical (unpaired) electrons. The monoisotopic (exact) mass is 421 g/mol. The second-order valence-corrected chi connectivity index (χ2v) is 10.7. The smallest absolute Gasteiger partial charge is 0.233 e. The van der Waals surface area contributed by atoms with Crippen LogP contribution in [0.25, 0.3) is 0 Å². The maximum absolute atomic E-state index is 12.9. The summed E-state index contributed by atoms with van der Waals surface area (Å²) in [5.41, 5.74) is 0. The van der Waals surface area contributed by atoms with Crippen molar-refractivity contribution < 1.29 is 13.2 Å². The summed E-state index contributed by atoms with van der Waals surface area (Å²) in [5.74, 6) is 0.468. The molecule has 138 valence electrons. The van der Waals surface area contributed by atoms with Gasteiger partial charge in [0.15, 0.2) is 9.84 Å². The van der Waals surface area contributed by atoms with Crippen LogP contribution < -0.4 is 0 Å². The normalized spacial score (nSPS) is 23.0. The minimum absolute atomic E-state index is 0.0185. The Labute approximate surface area is 163 Å². The number of hydrogen-bond acceptors (Lipinski definition) is 4. The molecule has 0 spiro atoms. The third-order valence-corrected chi connectivity index (χ3v) is 8.59. The average molecular weight is 422 g/mol. The predicted octanol–water partition coefficient (Wildman–Crippen LogP) is 4.04. The van der Waals surface area contributed by atoms with Gasteiger partial charge in [0.2, 0.25) is 5.91 Å². The Morgan fingerprint density at radius 1 is 1.12 bits per heavy atom. The second-order valence-electron chi connectivity index (χ2n) is 6.64. The van der Waals surface area contributed by atoms with E-state index < -0.39 is 9.84 Å². The maximum Gasteiger partial charge on any atom is 0.233 e. The lowest BCUT2D eigenvalue weighted by Crippen LogP contribution is -2.47. The van der Waals surface area contributed by atoms with E-state index in [9.17, 15) is 13.2 Å². The molecule has 1 heterocycles. The molecule has 0 bridgehead atoms. The molecular weight excluding hydrogens is 401 g/mol. The van der Waals surface area contributed by atoms with Crippen molar-refractivity contribution >= 4 is 50.7 Å². The molecule has 3 rings (SSSR count). The summed E-state index contributed by atoms with van der Waals surface area (Å²) in [5, 5.41) is 1.06. The molecule has 2 aliphatic rings. The molecule has 1 aromatic rings. The van der Waals surface area contributed by atoms with E-state index >= 15 is 0 Å². The van der Waals surface area contributed by atoms with Gasteiger partial charge in [-0.25, -0.2) is 8.42 Å². The largest absolute Gasteiger partial charge is 0.335 e. The van der Waals surface area contributed by atoms with Gasteiger partial charge >= 0.3 is 0 Å². The number of benzene rings is 1. The Morgan fingerprint density at radius 3 is 2.32 bits per heavy atom. The van der Waals surface area contributed by atoms with Crippen molar-refractivity contribution in [2.24, 2.45) is 0 Å². The number of carbonyl (C=O) groups is 1. The van der Waals surface area contributed by atoms with Crippen LogP contribution in [0.2, 0.25) is 10.0 Å². The maximum atomic E-state index is 12.9. The summed E-state index contributed by atoms with van der Waals surface area (Å²) in [4.78, 5) is 15.5. The van der Waals surface area contributed by atoms with Gasteiger partial charge in [0.05, 0.1) is 27.3 Å². The van der Waals surface area contributed by atoms with Gasteiger partial charge in [-0.2, -0.15) is 0 Å². The molecule has 0 aromatic heterocycles. The Morgan fingerprint density at radius 2 is 1.76 bits per heavy atom. The topological polar surface area (TPSA) is 54.5 Å². The molecule has 1 aliphatic heterocycles. The minimum Gasteiger partial charge on any atom is -0.335 e. The van der Waals surface area contributed by atoms with Gasteiger partial charge in [0, 0.05) is 17.0 Å². The Kier molecular flexibility index (Phi) is 6.24. The van der Waals surface area contributed by atoms with Gasteiger partial charge in [0.1, 0.15) is 0 Å². The molecule has 4 nitrogen and oxygen atoms in total. The van der Waals surface area contributed by atoms with Crippen molar-refractivity contribution in [1.29, 1.82) is 0 Å². The third kappa shape index (κ3) is 4.65. The Hall–Kier alpha value is -0.430. The highest BCUT2D eigenvalue weighted by Crippen LogP contribution is 2.35. The standard InChI is InChI=1S/C17H21Cl2NO3S2/c18-14-6-3-7-15(19)17(14)24-10-16(21)20(12-4-1-2-5-12)13-8-9-25(22,23)11-13/h3,6-7,12-13H,1-2,4-5,8-11H2. The first kappa shape index (κ1) is 19.3. The van der Waals surface area contributed by atoms with Crippen LogP contribution >= 0.6 is 35.0 Å². The average Bonchev–Trinajstić information content (AvgIpc) is 3.17. The van der Waals surface area contributed by atoms with Gasteiger partial charge < -0.3 is 4.90 Å². The first-order valence-corrected chi connectivity index (χ1v) is 12.0. The van der Waals surface area contributed by atoms with Crippen LogP contribution in [0.1, 0.15) is 32.1 Å². The van der Waals surface area contributed by atoms with Crippen molar-refractivity contribution in [1.82, 2.24) is 4.90 Å². The molecule has 25 heavy (non-hydrogen) atoms. The van der Waals surface area contributed by atoms with Crippen LogP contribution in [0.15, 0.2) is 23.1 Å². The van der Waals surface area contributed by atoms with Crippen LogP contribution in [0.3, 0.4) is 0 Å². The zero-order valence-electron chi connectivity index (χ0n) is 13.8. The number of rotatable bonds is 5. The van der Waals surface area contributed by atoms with Gasteiger partial charge in [-0.3, -0.25) is 4.79 Å². The minimum atomic E-state index is -3.03. The first-order chi connectivity index (χ1) is 11.9. The molecule has 1 aliphatic carbocycles. The third-order valence-electron chi connectivity index (χ3n) is 4.87. The van der Waals surface area contributed by atoms with Crippen LogP contribution in [-0.2, 0) is 14.6 Å². The van der Waals surface area contributed by atoms with Gasteiger partial charge in [0.25, 0.3) is 0 Å². The molecule has 1 amide bonds. The fourth-order valence-electron chi connectivity index (χ4n) is 3.71.